The Bertz CT molecular complexity index is 169. The largest absolute Gasteiger partial charge is 0.277 e. The summed E-state index contributed by atoms with van der Waals surface area (Å²) in [7, 11) is 5.21. The van der Waals surface area contributed by atoms with E-state index in [0.717, 1.165) is 4.67 Å². The summed E-state index contributed by atoms with van der Waals surface area (Å²) in [4.78, 5) is 3.96. The van der Waals surface area contributed by atoms with Crippen LogP contribution in [-0.4, -0.2) is 7.05 Å². The highest BCUT2D eigenvalue weighted by molar-refractivity contribution is 7.67. The fourth-order valence-electron chi connectivity index (χ4n) is 0.303. The lowest BCUT2D eigenvalue weighted by molar-refractivity contribution is 1.33. The topological polar surface area (TPSA) is 12.4 Å². The first-order valence-corrected chi connectivity index (χ1v) is 4.11. The van der Waals surface area contributed by atoms with Gasteiger partial charge in [-0.15, -0.1) is 0 Å². The molecule has 0 unspecified atom stereocenters. The SMILES string of the molecule is C/N=c1\ccss1. The van der Waals surface area contributed by atoms with E-state index in [9.17, 15) is 0 Å². The molecule has 0 aliphatic heterocycles. The van der Waals surface area contributed by atoms with Crippen molar-refractivity contribution in [3.8, 4) is 0 Å². The number of rotatable bonds is 0. The predicted molar refractivity (Wildman–Crippen MR) is 33.7 cm³/mol. The summed E-state index contributed by atoms with van der Waals surface area (Å²) < 4.78 is 1.12. The van der Waals surface area contributed by atoms with Gasteiger partial charge in [-0.25, -0.2) is 0 Å². The third-order valence-corrected chi connectivity index (χ3v) is 2.59. The van der Waals surface area contributed by atoms with E-state index in [0.29, 0.717) is 0 Å². The predicted octanol–water partition coefficient (Wildman–Crippen LogP) is 1.34. The van der Waals surface area contributed by atoms with Gasteiger partial charge in [-0.2, -0.15) is 0 Å². The van der Waals surface area contributed by atoms with Crippen molar-refractivity contribution >= 4 is 20.7 Å². The van der Waals surface area contributed by atoms with Crippen LogP contribution in [0, 0.1) is 0 Å². The average Bonchev–Trinajstić information content (AvgIpc) is 2.14. The molecule has 1 rings (SSSR count). The molecule has 0 spiro atoms. The Morgan fingerprint density at radius 1 is 1.71 bits per heavy atom. The van der Waals surface area contributed by atoms with Crippen molar-refractivity contribution in [3.05, 3.63) is 16.1 Å². The van der Waals surface area contributed by atoms with Gasteiger partial charge in [0.1, 0.15) is 4.67 Å². The van der Waals surface area contributed by atoms with Crippen molar-refractivity contribution in [2.45, 2.75) is 0 Å². The fourth-order valence-corrected chi connectivity index (χ4v) is 1.94. The van der Waals surface area contributed by atoms with Crippen molar-refractivity contribution in [2.24, 2.45) is 4.99 Å². The Hall–Kier alpha value is -0.150. The molecular formula is C4H5NS2. The first kappa shape index (κ1) is 5.00. The summed E-state index contributed by atoms with van der Waals surface area (Å²) in [5.74, 6) is 0. The van der Waals surface area contributed by atoms with E-state index < -0.39 is 0 Å². The molecule has 1 aromatic heterocycles. The summed E-state index contributed by atoms with van der Waals surface area (Å²) in [6, 6.07) is 2.01. The van der Waals surface area contributed by atoms with E-state index in [1.54, 1.807) is 27.7 Å². The smallest absolute Gasteiger partial charge is 0.121 e. The maximum atomic E-state index is 3.96. The van der Waals surface area contributed by atoms with Crippen LogP contribution in [0.15, 0.2) is 16.4 Å². The Kier molecular flexibility index (Phi) is 1.59. The molecule has 7 heavy (non-hydrogen) atoms. The van der Waals surface area contributed by atoms with Crippen LogP contribution in [0.25, 0.3) is 0 Å². The molecule has 1 nitrogen and oxygen atoms in total. The van der Waals surface area contributed by atoms with E-state index >= 15 is 0 Å². The molecule has 3 heteroatoms. The first-order chi connectivity index (χ1) is 3.43. The van der Waals surface area contributed by atoms with E-state index in [-0.39, 0.29) is 0 Å². The highest BCUT2D eigenvalue weighted by atomic mass is 32.9. The zero-order chi connectivity index (χ0) is 5.11. The summed E-state index contributed by atoms with van der Waals surface area (Å²) in [6.07, 6.45) is 0. The molecule has 0 aromatic carbocycles. The van der Waals surface area contributed by atoms with Crippen molar-refractivity contribution in [1.29, 1.82) is 0 Å². The minimum Gasteiger partial charge on any atom is -0.277 e. The normalized spacial score (nSPS) is 12.4. The molecule has 0 bridgehead atoms. The minimum atomic E-state index is 1.12. The van der Waals surface area contributed by atoms with Crippen molar-refractivity contribution in [1.82, 2.24) is 0 Å². The average molecular weight is 131 g/mol. The molecule has 0 amide bonds. The van der Waals surface area contributed by atoms with Crippen molar-refractivity contribution in [3.63, 3.8) is 0 Å². The second kappa shape index (κ2) is 2.23. The second-order valence-electron chi connectivity index (χ2n) is 1.04. The van der Waals surface area contributed by atoms with Gasteiger partial charge in [-0.3, -0.25) is 4.99 Å². The van der Waals surface area contributed by atoms with Crippen LogP contribution in [0.4, 0.5) is 0 Å². The summed E-state index contributed by atoms with van der Waals surface area (Å²) >= 11 is 0. The maximum absolute atomic E-state index is 3.96. The van der Waals surface area contributed by atoms with Gasteiger partial charge in [-0.1, -0.05) is 20.7 Å². The van der Waals surface area contributed by atoms with E-state index in [1.807, 2.05) is 11.4 Å². The molecule has 0 saturated carbocycles. The van der Waals surface area contributed by atoms with Gasteiger partial charge in [0.15, 0.2) is 0 Å². The maximum Gasteiger partial charge on any atom is 0.121 e. The van der Waals surface area contributed by atoms with Gasteiger partial charge in [0, 0.05) is 12.4 Å². The zero-order valence-corrected chi connectivity index (χ0v) is 5.55. The monoisotopic (exact) mass is 131 g/mol. The third-order valence-electron chi connectivity index (χ3n) is 0.620. The van der Waals surface area contributed by atoms with Crippen LogP contribution in [0.5, 0.6) is 0 Å². The number of hydrogen-bond donors (Lipinski definition) is 0. The minimum absolute atomic E-state index is 1.12. The molecule has 1 aromatic rings. The summed E-state index contributed by atoms with van der Waals surface area (Å²) in [5, 5.41) is 2.03. The Labute approximate surface area is 49.4 Å². The van der Waals surface area contributed by atoms with Crippen LogP contribution in [-0.2, 0) is 0 Å². The first-order valence-electron chi connectivity index (χ1n) is 1.90. The van der Waals surface area contributed by atoms with Crippen LogP contribution >= 0.6 is 20.7 Å². The van der Waals surface area contributed by atoms with Crippen LogP contribution in [0.2, 0.25) is 0 Å². The molecule has 0 aliphatic carbocycles. The standard InChI is InChI=1S/C4H5NS2/c1-5-4-2-3-6-7-4/h2-3H,1H3/b5-4+. The zero-order valence-electron chi connectivity index (χ0n) is 3.92. The second-order valence-corrected chi connectivity index (χ2v) is 3.17. The van der Waals surface area contributed by atoms with Gasteiger partial charge >= 0.3 is 0 Å². The molecule has 38 valence electrons. The lowest BCUT2D eigenvalue weighted by Gasteiger charge is -1.61. The molecular weight excluding hydrogens is 126 g/mol. The molecule has 1 heterocycles. The molecule has 0 fully saturated rings. The summed E-state index contributed by atoms with van der Waals surface area (Å²) in [6.45, 7) is 0. The highest BCUT2D eigenvalue weighted by Gasteiger charge is 1.73. The number of hydrogen-bond acceptors (Lipinski definition) is 3. The van der Waals surface area contributed by atoms with Gasteiger partial charge in [-0.05, 0) is 6.07 Å². The van der Waals surface area contributed by atoms with Crippen molar-refractivity contribution < 1.29 is 0 Å². The lowest BCUT2D eigenvalue weighted by Crippen LogP contribution is -1.84. The third kappa shape index (κ3) is 1.11. The van der Waals surface area contributed by atoms with E-state index in [4.69, 9.17) is 0 Å². The molecule has 0 radical (unpaired) electrons. The summed E-state index contributed by atoms with van der Waals surface area (Å²) in [5.41, 5.74) is 0. The van der Waals surface area contributed by atoms with Crippen molar-refractivity contribution in [2.75, 3.05) is 7.05 Å². The Morgan fingerprint density at radius 3 is 2.86 bits per heavy atom. The van der Waals surface area contributed by atoms with E-state index in [2.05, 4.69) is 4.99 Å². The Morgan fingerprint density at radius 2 is 2.57 bits per heavy atom. The molecule has 0 N–H and O–H groups in total. The number of nitrogens with zero attached hydrogens (tertiary/aromatic N) is 1. The van der Waals surface area contributed by atoms with Gasteiger partial charge < -0.3 is 0 Å². The van der Waals surface area contributed by atoms with Gasteiger partial charge in [0.2, 0.25) is 0 Å². The molecule has 0 aliphatic rings. The van der Waals surface area contributed by atoms with Gasteiger partial charge in [0.25, 0.3) is 0 Å². The highest BCUT2D eigenvalue weighted by Crippen LogP contribution is 1.96. The van der Waals surface area contributed by atoms with Crippen LogP contribution in [0.3, 0.4) is 0 Å². The van der Waals surface area contributed by atoms with Crippen LogP contribution < -0.4 is 4.67 Å². The molecule has 0 atom stereocenters. The van der Waals surface area contributed by atoms with Crippen LogP contribution in [0.1, 0.15) is 0 Å². The fraction of sp³-hybridized carbons (Fsp3) is 0.250. The molecule has 0 saturated heterocycles. The Balaban J connectivity index is 3.22. The lowest BCUT2D eigenvalue weighted by atomic mass is 10.8. The van der Waals surface area contributed by atoms with Gasteiger partial charge in [0.05, 0.1) is 0 Å². The quantitative estimate of drug-likeness (QED) is 0.471. The van der Waals surface area contributed by atoms with E-state index in [1.165, 1.54) is 0 Å².